The maximum atomic E-state index is 10.6. The average molecular weight is 348 g/mol. The van der Waals surface area contributed by atoms with Crippen LogP contribution in [0, 0.1) is 5.92 Å². The molecular weight excluding hydrogens is 316 g/mol. The van der Waals surface area contributed by atoms with Gasteiger partial charge in [-0.05, 0) is 57.2 Å². The average Bonchev–Trinajstić information content (AvgIpc) is 2.54. The Morgan fingerprint density at radius 1 is 1.16 bits per heavy atom. The number of unbranched alkanes of at least 4 members (excludes halogenated alkanes) is 2. The predicted molar refractivity (Wildman–Crippen MR) is 99.9 cm³/mol. The van der Waals surface area contributed by atoms with Crippen molar-refractivity contribution in [3.8, 4) is 11.5 Å². The van der Waals surface area contributed by atoms with Gasteiger partial charge in [-0.25, -0.2) is 0 Å². The van der Waals surface area contributed by atoms with E-state index in [0.29, 0.717) is 12.0 Å². The largest absolute Gasteiger partial charge is 0.507 e. The Labute approximate surface area is 150 Å². The van der Waals surface area contributed by atoms with Gasteiger partial charge >= 0.3 is 0 Å². The Morgan fingerprint density at radius 2 is 1.80 bits per heavy atom. The van der Waals surface area contributed by atoms with Gasteiger partial charge in [0.05, 0.1) is 12.2 Å². The van der Waals surface area contributed by atoms with Crippen molar-refractivity contribution in [3.63, 3.8) is 0 Å². The molecule has 1 unspecified atom stereocenters. The summed E-state index contributed by atoms with van der Waals surface area (Å²) in [6, 6.07) is 3.46. The molecular formula is C21H32O4. The number of phenolic OH excluding ortho intramolecular Hbond substituents is 2. The molecule has 0 heterocycles. The van der Waals surface area contributed by atoms with E-state index in [0.717, 1.165) is 37.7 Å². The summed E-state index contributed by atoms with van der Waals surface area (Å²) in [7, 11) is 0. The van der Waals surface area contributed by atoms with Crippen LogP contribution in [0.25, 0.3) is 0 Å². The van der Waals surface area contributed by atoms with Crippen molar-refractivity contribution < 1.29 is 20.4 Å². The lowest BCUT2D eigenvalue weighted by Gasteiger charge is -2.39. The first-order chi connectivity index (χ1) is 11.8. The molecule has 1 aliphatic rings. The quantitative estimate of drug-likeness (QED) is 0.443. The SMILES string of the molecule is CCCCCc1cc(O)c([C@@H]2C=C(C)CC[C@H]2C(C)(O)CO)c(O)c1. The number of aliphatic hydroxyl groups is 2. The molecule has 0 bridgehead atoms. The zero-order valence-electron chi connectivity index (χ0n) is 15.6. The molecule has 0 fully saturated rings. The van der Waals surface area contributed by atoms with E-state index in [1.807, 2.05) is 13.0 Å². The van der Waals surface area contributed by atoms with Crippen molar-refractivity contribution in [1.29, 1.82) is 0 Å². The Kier molecular flexibility index (Phi) is 6.53. The molecule has 4 heteroatoms. The van der Waals surface area contributed by atoms with E-state index in [9.17, 15) is 20.4 Å². The fourth-order valence-corrected chi connectivity index (χ4v) is 3.91. The molecule has 1 aromatic carbocycles. The first-order valence-corrected chi connectivity index (χ1v) is 9.35. The van der Waals surface area contributed by atoms with Crippen LogP contribution in [0.5, 0.6) is 11.5 Å². The highest BCUT2D eigenvalue weighted by molar-refractivity contribution is 5.51. The van der Waals surface area contributed by atoms with Crippen molar-refractivity contribution in [2.75, 3.05) is 6.61 Å². The normalized spacial score (nSPS) is 23.2. The summed E-state index contributed by atoms with van der Waals surface area (Å²) in [5, 5.41) is 41.4. The van der Waals surface area contributed by atoms with Gasteiger partial charge in [0.1, 0.15) is 11.5 Å². The van der Waals surface area contributed by atoms with E-state index < -0.39 is 5.60 Å². The number of phenols is 2. The van der Waals surface area contributed by atoms with E-state index in [2.05, 4.69) is 6.92 Å². The van der Waals surface area contributed by atoms with Gasteiger partial charge in [0, 0.05) is 17.4 Å². The number of hydrogen-bond donors (Lipinski definition) is 4. The van der Waals surface area contributed by atoms with Gasteiger partial charge in [0.15, 0.2) is 0 Å². The van der Waals surface area contributed by atoms with Gasteiger partial charge in [-0.15, -0.1) is 0 Å². The number of hydrogen-bond acceptors (Lipinski definition) is 4. The molecule has 25 heavy (non-hydrogen) atoms. The van der Waals surface area contributed by atoms with Crippen LogP contribution in [0.4, 0.5) is 0 Å². The summed E-state index contributed by atoms with van der Waals surface area (Å²) in [5.74, 6) is -0.438. The van der Waals surface area contributed by atoms with E-state index in [1.165, 1.54) is 5.57 Å². The van der Waals surface area contributed by atoms with Gasteiger partial charge in [-0.2, -0.15) is 0 Å². The van der Waals surface area contributed by atoms with Crippen LogP contribution in [0.2, 0.25) is 0 Å². The molecule has 0 aromatic heterocycles. The number of aryl methyl sites for hydroxylation is 1. The third-order valence-corrected chi connectivity index (χ3v) is 5.46. The number of rotatable bonds is 7. The molecule has 0 saturated heterocycles. The second kappa shape index (κ2) is 8.24. The summed E-state index contributed by atoms with van der Waals surface area (Å²) in [4.78, 5) is 0. The van der Waals surface area contributed by atoms with Gasteiger partial charge < -0.3 is 20.4 Å². The molecule has 0 spiro atoms. The lowest BCUT2D eigenvalue weighted by molar-refractivity contribution is -0.0557. The Morgan fingerprint density at radius 3 is 2.36 bits per heavy atom. The van der Waals surface area contributed by atoms with Gasteiger partial charge in [-0.3, -0.25) is 0 Å². The molecule has 140 valence electrons. The maximum Gasteiger partial charge on any atom is 0.123 e. The molecule has 0 amide bonds. The van der Waals surface area contributed by atoms with Crippen LogP contribution < -0.4 is 0 Å². The van der Waals surface area contributed by atoms with E-state index in [4.69, 9.17) is 0 Å². The fraction of sp³-hybridized carbons (Fsp3) is 0.619. The predicted octanol–water partition coefficient (Wildman–Crippen LogP) is 4.01. The summed E-state index contributed by atoms with van der Waals surface area (Å²) in [5.41, 5.74) is 1.28. The third-order valence-electron chi connectivity index (χ3n) is 5.46. The first-order valence-electron chi connectivity index (χ1n) is 9.35. The molecule has 0 aliphatic heterocycles. The zero-order chi connectivity index (χ0) is 18.6. The smallest absolute Gasteiger partial charge is 0.123 e. The maximum absolute atomic E-state index is 10.6. The van der Waals surface area contributed by atoms with Gasteiger partial charge in [0.25, 0.3) is 0 Å². The first kappa shape index (κ1) is 19.8. The molecule has 0 radical (unpaired) electrons. The van der Waals surface area contributed by atoms with Crippen molar-refractivity contribution in [1.82, 2.24) is 0 Å². The minimum absolute atomic E-state index is 0.0705. The van der Waals surface area contributed by atoms with Gasteiger partial charge in [-0.1, -0.05) is 31.4 Å². The fourth-order valence-electron chi connectivity index (χ4n) is 3.91. The summed E-state index contributed by atoms with van der Waals surface area (Å²) in [6.07, 6.45) is 7.65. The molecule has 1 aromatic rings. The van der Waals surface area contributed by atoms with Crippen LogP contribution in [0.1, 0.15) is 69.9 Å². The number of benzene rings is 1. The molecule has 4 nitrogen and oxygen atoms in total. The van der Waals surface area contributed by atoms with Crippen molar-refractivity contribution in [2.24, 2.45) is 5.92 Å². The van der Waals surface area contributed by atoms with Crippen LogP contribution >= 0.6 is 0 Å². The van der Waals surface area contributed by atoms with Crippen LogP contribution in [-0.4, -0.2) is 32.6 Å². The molecule has 3 atom stereocenters. The summed E-state index contributed by atoms with van der Waals surface area (Å²) < 4.78 is 0. The van der Waals surface area contributed by atoms with Crippen LogP contribution in [-0.2, 0) is 6.42 Å². The number of allylic oxidation sites excluding steroid dienone is 2. The van der Waals surface area contributed by atoms with Crippen molar-refractivity contribution in [3.05, 3.63) is 34.9 Å². The van der Waals surface area contributed by atoms with E-state index in [-0.39, 0.29) is 29.9 Å². The lowest BCUT2D eigenvalue weighted by atomic mass is 9.69. The summed E-state index contributed by atoms with van der Waals surface area (Å²) in [6.45, 7) is 5.43. The standard InChI is InChI=1S/C21H32O4/c1-4-5-6-7-15-11-18(23)20(19(24)12-15)16-10-14(2)8-9-17(16)21(3,25)13-22/h10-12,16-17,22-25H,4-9,13H2,1-3H3/t16-,17-,21?/m1/s1. The monoisotopic (exact) mass is 348 g/mol. The van der Waals surface area contributed by atoms with E-state index in [1.54, 1.807) is 19.1 Å². The highest BCUT2D eigenvalue weighted by Gasteiger charge is 2.40. The number of aliphatic hydroxyl groups excluding tert-OH is 1. The Hall–Kier alpha value is -1.52. The second-order valence-corrected chi connectivity index (χ2v) is 7.70. The molecule has 1 aliphatic carbocycles. The van der Waals surface area contributed by atoms with Crippen LogP contribution in [0.3, 0.4) is 0 Å². The summed E-state index contributed by atoms with van der Waals surface area (Å²) >= 11 is 0. The van der Waals surface area contributed by atoms with Crippen molar-refractivity contribution in [2.45, 2.75) is 70.8 Å². The Bertz CT molecular complexity index is 595. The molecule has 0 saturated carbocycles. The van der Waals surface area contributed by atoms with Crippen molar-refractivity contribution >= 4 is 0 Å². The Balaban J connectivity index is 2.38. The van der Waals surface area contributed by atoms with Gasteiger partial charge in [0.2, 0.25) is 0 Å². The highest BCUT2D eigenvalue weighted by Crippen LogP contribution is 2.47. The third kappa shape index (κ3) is 4.56. The molecule has 2 rings (SSSR count). The molecule has 4 N–H and O–H groups in total. The second-order valence-electron chi connectivity index (χ2n) is 7.70. The van der Waals surface area contributed by atoms with Crippen LogP contribution in [0.15, 0.2) is 23.8 Å². The zero-order valence-corrected chi connectivity index (χ0v) is 15.6. The number of aromatic hydroxyl groups is 2. The lowest BCUT2D eigenvalue weighted by Crippen LogP contribution is -2.42. The van der Waals surface area contributed by atoms with E-state index >= 15 is 0 Å². The minimum atomic E-state index is -1.26. The highest BCUT2D eigenvalue weighted by atomic mass is 16.3. The minimum Gasteiger partial charge on any atom is -0.507 e. The topological polar surface area (TPSA) is 80.9 Å².